The summed E-state index contributed by atoms with van der Waals surface area (Å²) in [6.07, 6.45) is 2.61. The van der Waals surface area contributed by atoms with Gasteiger partial charge in [0.1, 0.15) is 11.5 Å². The number of benzene rings is 2. The fourth-order valence-electron chi connectivity index (χ4n) is 4.08. The Morgan fingerprint density at radius 1 is 1.19 bits per heavy atom. The summed E-state index contributed by atoms with van der Waals surface area (Å²) in [5.41, 5.74) is 2.63. The Labute approximate surface area is 182 Å². The van der Waals surface area contributed by atoms with Crippen LogP contribution in [0.1, 0.15) is 34.7 Å². The van der Waals surface area contributed by atoms with Gasteiger partial charge in [0.05, 0.1) is 19.8 Å². The SMILES string of the molecule is COc1ccc(C(=O)N2CCCC(Cc3nc(-c4ccccc4C)no3)C2)c(OC)c1. The molecule has 0 N–H and O–H groups in total. The standard InChI is InChI=1S/C24H27N3O4/c1-16-7-4-5-9-19(16)23-25-22(31-26-23)13-17-8-6-12-27(15-17)24(28)20-11-10-18(29-2)14-21(20)30-3/h4-5,7,9-11,14,17H,6,8,12-13,15H2,1-3H3. The molecule has 7 heteroatoms. The zero-order valence-corrected chi connectivity index (χ0v) is 18.1. The molecule has 1 aliphatic heterocycles. The van der Waals surface area contributed by atoms with Gasteiger partial charge in [-0.1, -0.05) is 29.4 Å². The van der Waals surface area contributed by atoms with Gasteiger partial charge >= 0.3 is 0 Å². The van der Waals surface area contributed by atoms with Crippen LogP contribution in [-0.4, -0.2) is 48.3 Å². The minimum Gasteiger partial charge on any atom is -0.497 e. The fourth-order valence-corrected chi connectivity index (χ4v) is 4.08. The summed E-state index contributed by atoms with van der Waals surface area (Å²) in [6.45, 7) is 3.41. The van der Waals surface area contributed by atoms with Gasteiger partial charge in [-0.2, -0.15) is 4.98 Å². The van der Waals surface area contributed by atoms with E-state index < -0.39 is 0 Å². The Balaban J connectivity index is 1.45. The van der Waals surface area contributed by atoms with Crippen molar-refractivity contribution in [2.24, 2.45) is 5.92 Å². The minimum atomic E-state index is -0.0321. The number of carbonyl (C=O) groups excluding carboxylic acids is 1. The van der Waals surface area contributed by atoms with Crippen LogP contribution in [0.4, 0.5) is 0 Å². The van der Waals surface area contributed by atoms with E-state index in [1.165, 1.54) is 0 Å². The smallest absolute Gasteiger partial charge is 0.257 e. The lowest BCUT2D eigenvalue weighted by atomic mass is 9.94. The second-order valence-corrected chi connectivity index (χ2v) is 7.86. The third-order valence-electron chi connectivity index (χ3n) is 5.76. The maximum absolute atomic E-state index is 13.2. The third-order valence-corrected chi connectivity index (χ3v) is 5.76. The number of ether oxygens (including phenoxy) is 2. The molecule has 1 atom stereocenters. The average Bonchev–Trinajstić information content (AvgIpc) is 3.26. The van der Waals surface area contributed by atoms with E-state index in [1.807, 2.05) is 36.1 Å². The normalized spacial score (nSPS) is 16.2. The molecule has 0 spiro atoms. The van der Waals surface area contributed by atoms with E-state index in [0.29, 0.717) is 41.7 Å². The maximum Gasteiger partial charge on any atom is 0.257 e. The first-order valence-corrected chi connectivity index (χ1v) is 10.5. The number of aryl methyl sites for hydroxylation is 1. The maximum atomic E-state index is 13.2. The molecule has 1 saturated heterocycles. The Morgan fingerprint density at radius 2 is 2.03 bits per heavy atom. The van der Waals surface area contributed by atoms with E-state index in [0.717, 1.165) is 30.5 Å². The number of hydrogen-bond donors (Lipinski definition) is 0. The number of nitrogens with zero attached hydrogens (tertiary/aromatic N) is 3. The van der Waals surface area contributed by atoms with Crippen LogP contribution >= 0.6 is 0 Å². The second kappa shape index (κ2) is 9.20. The van der Waals surface area contributed by atoms with Crippen molar-refractivity contribution < 1.29 is 18.8 Å². The average molecular weight is 421 g/mol. The van der Waals surface area contributed by atoms with Crippen molar-refractivity contribution in [2.75, 3.05) is 27.3 Å². The van der Waals surface area contributed by atoms with Crippen molar-refractivity contribution in [1.29, 1.82) is 0 Å². The van der Waals surface area contributed by atoms with E-state index in [1.54, 1.807) is 32.4 Å². The molecule has 3 aromatic rings. The summed E-state index contributed by atoms with van der Waals surface area (Å²) >= 11 is 0. The molecule has 0 radical (unpaired) electrons. The van der Waals surface area contributed by atoms with Gasteiger partial charge < -0.3 is 18.9 Å². The van der Waals surface area contributed by atoms with Crippen LogP contribution in [0.3, 0.4) is 0 Å². The predicted octanol–water partition coefficient (Wildman–Crippen LogP) is 4.16. The third kappa shape index (κ3) is 4.55. The van der Waals surface area contributed by atoms with Crippen LogP contribution in [0.2, 0.25) is 0 Å². The summed E-state index contributed by atoms with van der Waals surface area (Å²) in [7, 11) is 3.15. The van der Waals surface area contributed by atoms with Gasteiger partial charge in [-0.25, -0.2) is 0 Å². The van der Waals surface area contributed by atoms with Crippen LogP contribution < -0.4 is 9.47 Å². The van der Waals surface area contributed by atoms with Gasteiger partial charge in [0.2, 0.25) is 11.7 Å². The minimum absolute atomic E-state index is 0.0321. The molecule has 7 nitrogen and oxygen atoms in total. The number of amides is 1. The Hall–Kier alpha value is -3.35. The number of hydrogen-bond acceptors (Lipinski definition) is 6. The van der Waals surface area contributed by atoms with Crippen molar-refractivity contribution in [3.8, 4) is 22.9 Å². The van der Waals surface area contributed by atoms with Crippen LogP contribution in [0.25, 0.3) is 11.4 Å². The zero-order chi connectivity index (χ0) is 21.8. The molecule has 1 aromatic heterocycles. The lowest BCUT2D eigenvalue weighted by Gasteiger charge is -2.32. The number of carbonyl (C=O) groups is 1. The molecule has 4 rings (SSSR count). The van der Waals surface area contributed by atoms with Gasteiger partial charge in [-0.3, -0.25) is 4.79 Å². The molecule has 1 amide bonds. The van der Waals surface area contributed by atoms with Crippen LogP contribution in [-0.2, 0) is 6.42 Å². The molecule has 2 aromatic carbocycles. The molecule has 1 fully saturated rings. The van der Waals surface area contributed by atoms with Gasteiger partial charge in [-0.05, 0) is 43.4 Å². The highest BCUT2D eigenvalue weighted by molar-refractivity contribution is 5.97. The monoisotopic (exact) mass is 421 g/mol. The summed E-state index contributed by atoms with van der Waals surface area (Å²) < 4.78 is 16.2. The second-order valence-electron chi connectivity index (χ2n) is 7.86. The van der Waals surface area contributed by atoms with Gasteiger partial charge in [0.15, 0.2) is 0 Å². The molecule has 0 saturated carbocycles. The largest absolute Gasteiger partial charge is 0.497 e. The van der Waals surface area contributed by atoms with Crippen LogP contribution in [0, 0.1) is 12.8 Å². The van der Waals surface area contributed by atoms with Crippen molar-refractivity contribution >= 4 is 5.91 Å². The van der Waals surface area contributed by atoms with Crippen LogP contribution in [0.15, 0.2) is 47.0 Å². The number of piperidine rings is 1. The molecule has 31 heavy (non-hydrogen) atoms. The van der Waals surface area contributed by atoms with Crippen LogP contribution in [0.5, 0.6) is 11.5 Å². The number of aromatic nitrogens is 2. The molecule has 2 heterocycles. The zero-order valence-electron chi connectivity index (χ0n) is 18.1. The quantitative estimate of drug-likeness (QED) is 0.595. The summed E-state index contributed by atoms with van der Waals surface area (Å²) in [5.74, 6) is 2.64. The van der Waals surface area contributed by atoms with Crippen molar-refractivity contribution in [1.82, 2.24) is 15.0 Å². The van der Waals surface area contributed by atoms with E-state index in [-0.39, 0.29) is 11.8 Å². The predicted molar refractivity (Wildman–Crippen MR) is 116 cm³/mol. The first-order valence-electron chi connectivity index (χ1n) is 10.5. The van der Waals surface area contributed by atoms with Gasteiger partial charge in [-0.15, -0.1) is 0 Å². The Morgan fingerprint density at radius 3 is 2.81 bits per heavy atom. The number of methoxy groups -OCH3 is 2. The first kappa shape index (κ1) is 20.9. The lowest BCUT2D eigenvalue weighted by Crippen LogP contribution is -2.40. The van der Waals surface area contributed by atoms with Gasteiger partial charge in [0.25, 0.3) is 5.91 Å². The highest BCUT2D eigenvalue weighted by Crippen LogP contribution is 2.29. The Kier molecular flexibility index (Phi) is 6.21. The molecule has 1 aliphatic rings. The van der Waals surface area contributed by atoms with Gasteiger partial charge in [0, 0.05) is 31.1 Å². The summed E-state index contributed by atoms with van der Waals surface area (Å²) in [6, 6.07) is 13.3. The molecular formula is C24H27N3O4. The molecule has 162 valence electrons. The molecular weight excluding hydrogens is 394 g/mol. The topological polar surface area (TPSA) is 77.7 Å². The first-order chi connectivity index (χ1) is 15.1. The van der Waals surface area contributed by atoms with E-state index >= 15 is 0 Å². The highest BCUT2D eigenvalue weighted by Gasteiger charge is 2.28. The highest BCUT2D eigenvalue weighted by atomic mass is 16.5. The molecule has 0 aliphatic carbocycles. The lowest BCUT2D eigenvalue weighted by molar-refractivity contribution is 0.0664. The fraction of sp³-hybridized carbons (Fsp3) is 0.375. The van der Waals surface area contributed by atoms with Crippen molar-refractivity contribution in [3.63, 3.8) is 0 Å². The Bertz CT molecular complexity index is 1060. The number of likely N-dealkylation sites (tertiary alicyclic amines) is 1. The van der Waals surface area contributed by atoms with E-state index in [2.05, 4.69) is 10.1 Å². The number of rotatable bonds is 6. The summed E-state index contributed by atoms with van der Waals surface area (Å²) in [5, 5.41) is 4.16. The van der Waals surface area contributed by atoms with E-state index in [9.17, 15) is 4.79 Å². The van der Waals surface area contributed by atoms with Crippen molar-refractivity contribution in [2.45, 2.75) is 26.2 Å². The molecule has 1 unspecified atom stereocenters. The van der Waals surface area contributed by atoms with Crippen molar-refractivity contribution in [3.05, 3.63) is 59.5 Å². The summed E-state index contributed by atoms with van der Waals surface area (Å²) in [4.78, 5) is 19.6. The van der Waals surface area contributed by atoms with E-state index in [4.69, 9.17) is 14.0 Å². The molecule has 0 bridgehead atoms.